The molecule has 1 aliphatic rings. The maximum atomic E-state index is 11.8. The molecule has 0 radical (unpaired) electrons. The summed E-state index contributed by atoms with van der Waals surface area (Å²) in [4.78, 5) is 24.7. The molecule has 0 spiro atoms. The van der Waals surface area contributed by atoms with E-state index in [1.807, 2.05) is 0 Å². The Kier molecular flexibility index (Phi) is 3.28. The number of hydrogen-bond acceptors (Lipinski definition) is 4. The molecule has 1 amide bonds. The van der Waals surface area contributed by atoms with Crippen LogP contribution in [0.2, 0.25) is 0 Å². The maximum Gasteiger partial charge on any atom is 0.411 e. The molecular weight excluding hydrogens is 210 g/mol. The minimum atomic E-state index is -0.831. The molecule has 0 atom stereocenters. The van der Waals surface area contributed by atoms with Crippen LogP contribution in [0.4, 0.5) is 4.79 Å². The van der Waals surface area contributed by atoms with Gasteiger partial charge in [0, 0.05) is 7.05 Å². The summed E-state index contributed by atoms with van der Waals surface area (Å²) in [5, 5.41) is 0. The molecule has 1 aliphatic heterocycles. The predicted octanol–water partition coefficient (Wildman–Crippen LogP) is 1.21. The molecule has 0 aromatic rings. The molecule has 5 nitrogen and oxygen atoms in total. The Morgan fingerprint density at radius 2 is 1.81 bits per heavy atom. The van der Waals surface area contributed by atoms with E-state index in [1.165, 1.54) is 11.8 Å². The van der Waals surface area contributed by atoms with Gasteiger partial charge in [-0.3, -0.25) is 9.69 Å². The van der Waals surface area contributed by atoms with Gasteiger partial charge in [-0.25, -0.2) is 4.79 Å². The molecule has 0 saturated carbocycles. The second kappa shape index (κ2) is 4.05. The Morgan fingerprint density at radius 1 is 1.31 bits per heavy atom. The molecule has 0 aromatic heterocycles. The van der Waals surface area contributed by atoms with Gasteiger partial charge in [0.05, 0.1) is 13.2 Å². The third-order valence-electron chi connectivity index (χ3n) is 2.65. The van der Waals surface area contributed by atoms with Gasteiger partial charge in [-0.05, 0) is 27.7 Å². The fraction of sp³-hybridized carbons (Fsp3) is 0.818. The lowest BCUT2D eigenvalue weighted by Crippen LogP contribution is -2.67. The molecule has 1 rings (SSSR count). The van der Waals surface area contributed by atoms with E-state index in [9.17, 15) is 9.59 Å². The molecule has 0 unspecified atom stereocenters. The van der Waals surface area contributed by atoms with Crippen molar-refractivity contribution < 1.29 is 19.1 Å². The second-order valence-corrected chi connectivity index (χ2v) is 5.12. The van der Waals surface area contributed by atoms with E-state index in [0.29, 0.717) is 0 Å². The van der Waals surface area contributed by atoms with Crippen molar-refractivity contribution in [2.24, 2.45) is 0 Å². The molecule has 1 fully saturated rings. The normalized spacial score (nSPS) is 18.6. The predicted molar refractivity (Wildman–Crippen MR) is 58.2 cm³/mol. The summed E-state index contributed by atoms with van der Waals surface area (Å²) in [6, 6.07) is 0. The van der Waals surface area contributed by atoms with Crippen LogP contribution < -0.4 is 0 Å². The first-order chi connectivity index (χ1) is 7.19. The Morgan fingerprint density at radius 3 is 2.06 bits per heavy atom. The molecule has 0 aromatic carbocycles. The van der Waals surface area contributed by atoms with Gasteiger partial charge in [0.2, 0.25) is 0 Å². The third-order valence-corrected chi connectivity index (χ3v) is 2.65. The summed E-state index contributed by atoms with van der Waals surface area (Å²) in [5.74, 6) is -0.0768. The van der Waals surface area contributed by atoms with E-state index in [0.717, 1.165) is 0 Å². The van der Waals surface area contributed by atoms with Crippen LogP contribution >= 0.6 is 0 Å². The molecule has 16 heavy (non-hydrogen) atoms. The van der Waals surface area contributed by atoms with Gasteiger partial charge in [-0.1, -0.05) is 0 Å². The van der Waals surface area contributed by atoms with Crippen LogP contribution in [-0.4, -0.2) is 48.2 Å². The molecular formula is C11H19NO4. The van der Waals surface area contributed by atoms with Crippen LogP contribution in [0, 0.1) is 0 Å². The maximum absolute atomic E-state index is 11.8. The first-order valence-corrected chi connectivity index (χ1v) is 5.25. The first kappa shape index (κ1) is 13.0. The summed E-state index contributed by atoms with van der Waals surface area (Å²) in [6.07, 6.45) is -0.494. The smallest absolute Gasteiger partial charge is 0.411 e. The quantitative estimate of drug-likeness (QED) is 0.714. The highest BCUT2D eigenvalue weighted by Gasteiger charge is 2.50. The Bertz CT molecular complexity index is 302. The number of nitrogens with zero attached hydrogens (tertiary/aromatic N) is 1. The van der Waals surface area contributed by atoms with Gasteiger partial charge >= 0.3 is 6.09 Å². The van der Waals surface area contributed by atoms with Crippen molar-refractivity contribution in [3.05, 3.63) is 0 Å². The van der Waals surface area contributed by atoms with Crippen molar-refractivity contribution in [3.8, 4) is 0 Å². The Labute approximate surface area is 95.7 Å². The lowest BCUT2D eigenvalue weighted by Gasteiger charge is -2.45. The molecule has 0 N–H and O–H groups in total. The average Bonchev–Trinajstić information content (AvgIpc) is 1.97. The zero-order valence-corrected chi connectivity index (χ0v) is 10.5. The highest BCUT2D eigenvalue weighted by atomic mass is 16.6. The highest BCUT2D eigenvalue weighted by Crippen LogP contribution is 2.26. The second-order valence-electron chi connectivity index (χ2n) is 5.12. The molecule has 5 heteroatoms. The number of Topliss-reactive ketones (excluding diaryl/α,β-unsaturated/α-hetero) is 1. The summed E-state index contributed by atoms with van der Waals surface area (Å²) in [7, 11) is 1.57. The van der Waals surface area contributed by atoms with E-state index in [2.05, 4.69) is 0 Å². The van der Waals surface area contributed by atoms with Crippen molar-refractivity contribution in [1.29, 1.82) is 0 Å². The topological polar surface area (TPSA) is 55.8 Å². The number of ether oxygens (including phenoxy) is 2. The van der Waals surface area contributed by atoms with Gasteiger partial charge in [-0.2, -0.15) is 0 Å². The van der Waals surface area contributed by atoms with Crippen molar-refractivity contribution in [2.45, 2.75) is 38.8 Å². The Hall–Kier alpha value is -1.10. The third kappa shape index (κ3) is 2.35. The van der Waals surface area contributed by atoms with Crippen LogP contribution in [-0.2, 0) is 14.3 Å². The van der Waals surface area contributed by atoms with Crippen molar-refractivity contribution >= 4 is 11.9 Å². The highest BCUT2D eigenvalue weighted by molar-refractivity contribution is 5.91. The lowest BCUT2D eigenvalue weighted by atomic mass is 9.91. The molecule has 92 valence electrons. The Balaban J connectivity index is 2.73. The van der Waals surface area contributed by atoms with E-state index < -0.39 is 17.2 Å². The number of rotatable bonds is 2. The van der Waals surface area contributed by atoms with Crippen LogP contribution in [0.25, 0.3) is 0 Å². The van der Waals surface area contributed by atoms with E-state index in [4.69, 9.17) is 9.47 Å². The summed E-state index contributed by atoms with van der Waals surface area (Å²) in [5.41, 5.74) is -1.39. The van der Waals surface area contributed by atoms with E-state index >= 15 is 0 Å². The lowest BCUT2D eigenvalue weighted by molar-refractivity contribution is -0.160. The monoisotopic (exact) mass is 229 g/mol. The number of carbonyl (C=O) groups is 2. The van der Waals surface area contributed by atoms with E-state index in [1.54, 1.807) is 27.8 Å². The summed E-state index contributed by atoms with van der Waals surface area (Å²) >= 11 is 0. The van der Waals surface area contributed by atoms with Crippen LogP contribution in [0.3, 0.4) is 0 Å². The van der Waals surface area contributed by atoms with Crippen molar-refractivity contribution in [1.82, 2.24) is 4.90 Å². The number of carbonyl (C=O) groups excluding carboxylic acids is 2. The molecule has 1 heterocycles. The minimum absolute atomic E-state index is 0.0768. The van der Waals surface area contributed by atoms with E-state index in [-0.39, 0.29) is 19.0 Å². The zero-order valence-electron chi connectivity index (χ0n) is 10.5. The van der Waals surface area contributed by atoms with Crippen LogP contribution in [0.5, 0.6) is 0 Å². The van der Waals surface area contributed by atoms with Crippen LogP contribution in [0.15, 0.2) is 0 Å². The first-order valence-electron chi connectivity index (χ1n) is 5.25. The zero-order chi connectivity index (χ0) is 12.6. The minimum Gasteiger partial charge on any atom is -0.444 e. The standard InChI is InChI=1S/C11H19NO4/c1-8(13)11(6-15-7-11)12(5)9(14)16-10(2,3)4/h6-7H2,1-5H3. The average molecular weight is 229 g/mol. The van der Waals surface area contributed by atoms with Crippen molar-refractivity contribution in [2.75, 3.05) is 20.3 Å². The van der Waals surface area contributed by atoms with Crippen molar-refractivity contribution in [3.63, 3.8) is 0 Å². The number of hydrogen-bond donors (Lipinski definition) is 0. The summed E-state index contributed by atoms with van der Waals surface area (Å²) < 4.78 is 10.2. The van der Waals surface area contributed by atoms with Gasteiger partial charge in [0.15, 0.2) is 11.3 Å². The largest absolute Gasteiger partial charge is 0.444 e. The number of ketones is 1. The van der Waals surface area contributed by atoms with Gasteiger partial charge in [0.25, 0.3) is 0 Å². The number of amides is 1. The van der Waals surface area contributed by atoms with Gasteiger partial charge in [-0.15, -0.1) is 0 Å². The fourth-order valence-corrected chi connectivity index (χ4v) is 1.43. The van der Waals surface area contributed by atoms with Crippen LogP contribution in [0.1, 0.15) is 27.7 Å². The van der Waals surface area contributed by atoms with Gasteiger partial charge < -0.3 is 9.47 Å². The molecule has 0 aliphatic carbocycles. The fourth-order valence-electron chi connectivity index (χ4n) is 1.43. The summed E-state index contributed by atoms with van der Waals surface area (Å²) in [6.45, 7) is 7.32. The SMILES string of the molecule is CC(=O)C1(N(C)C(=O)OC(C)(C)C)COC1. The van der Waals surface area contributed by atoms with Gasteiger partial charge in [0.1, 0.15) is 5.60 Å². The molecule has 0 bridgehead atoms. The molecule has 1 saturated heterocycles. The number of likely N-dealkylation sites (N-methyl/N-ethyl adjacent to an activating group) is 1.